The number of likely N-dealkylation sites (N-methyl/N-ethyl adjacent to an activating group) is 1. The highest BCUT2D eigenvalue weighted by Crippen LogP contribution is 2.21. The Morgan fingerprint density at radius 2 is 1.79 bits per heavy atom. The third-order valence-corrected chi connectivity index (χ3v) is 3.92. The summed E-state index contributed by atoms with van der Waals surface area (Å²) in [5.74, 6) is 0.251. The summed E-state index contributed by atoms with van der Waals surface area (Å²) in [7, 11) is 1.73. The largest absolute Gasteiger partial charge is 0.394 e. The Kier molecular flexibility index (Phi) is 5.79. The van der Waals surface area contributed by atoms with E-state index < -0.39 is 0 Å². The fourth-order valence-corrected chi connectivity index (χ4v) is 2.34. The number of hydrogen-bond acceptors (Lipinski definition) is 3. The molecule has 0 aromatic heterocycles. The van der Waals surface area contributed by atoms with Gasteiger partial charge in [0.25, 0.3) is 0 Å². The minimum Gasteiger partial charge on any atom is -0.394 e. The van der Waals surface area contributed by atoms with E-state index >= 15 is 0 Å². The minimum absolute atomic E-state index is 0.0179. The van der Waals surface area contributed by atoms with Crippen molar-refractivity contribution in [3.8, 4) is 0 Å². The maximum Gasteiger partial charge on any atom is 0.225 e. The summed E-state index contributed by atoms with van der Waals surface area (Å²) in [6.45, 7) is 6.93. The van der Waals surface area contributed by atoms with Crippen LogP contribution in [0.15, 0.2) is 0 Å². The Morgan fingerprint density at radius 3 is 2.21 bits per heavy atom. The zero-order chi connectivity index (χ0) is 14.6. The van der Waals surface area contributed by atoms with Gasteiger partial charge < -0.3 is 14.9 Å². The molecule has 1 aliphatic heterocycles. The van der Waals surface area contributed by atoms with Crippen LogP contribution in [0.2, 0.25) is 0 Å². The maximum absolute atomic E-state index is 12.2. The van der Waals surface area contributed by atoms with Gasteiger partial charge in [0.1, 0.15) is 0 Å². The Hall–Kier alpha value is -1.10. The van der Waals surface area contributed by atoms with Crippen LogP contribution in [0, 0.1) is 11.8 Å². The van der Waals surface area contributed by atoms with Crippen molar-refractivity contribution in [1.29, 1.82) is 0 Å². The molecule has 1 fully saturated rings. The number of aliphatic hydroxyl groups is 1. The highest BCUT2D eigenvalue weighted by Gasteiger charge is 2.30. The van der Waals surface area contributed by atoms with E-state index in [9.17, 15) is 9.59 Å². The molecular weight excluding hydrogens is 244 g/mol. The number of aliphatic hydroxyl groups excluding tert-OH is 1. The molecular formula is C14H26N2O3. The van der Waals surface area contributed by atoms with Gasteiger partial charge in [-0.2, -0.15) is 0 Å². The molecule has 0 bridgehead atoms. The van der Waals surface area contributed by atoms with Crippen LogP contribution in [0.3, 0.4) is 0 Å². The molecule has 110 valence electrons. The van der Waals surface area contributed by atoms with Gasteiger partial charge in [-0.15, -0.1) is 0 Å². The van der Waals surface area contributed by atoms with E-state index in [0.29, 0.717) is 13.1 Å². The molecule has 1 heterocycles. The standard InChI is InChI=1S/C14H26N2O3/c1-10(2)13(18)16-7-5-12(6-8-16)14(19)15(4)11(3)9-17/h10-12,17H,5-9H2,1-4H3. The Bertz CT molecular complexity index is 323. The van der Waals surface area contributed by atoms with Gasteiger partial charge in [0.15, 0.2) is 0 Å². The number of hydrogen-bond donors (Lipinski definition) is 1. The molecule has 0 radical (unpaired) electrons. The monoisotopic (exact) mass is 270 g/mol. The van der Waals surface area contributed by atoms with E-state index in [4.69, 9.17) is 5.11 Å². The van der Waals surface area contributed by atoms with Gasteiger partial charge in [0, 0.05) is 32.0 Å². The fraction of sp³-hybridized carbons (Fsp3) is 0.857. The quantitative estimate of drug-likeness (QED) is 0.819. The number of rotatable bonds is 4. The molecule has 5 heteroatoms. The molecule has 0 spiro atoms. The van der Waals surface area contributed by atoms with E-state index in [0.717, 1.165) is 12.8 Å². The Balaban J connectivity index is 2.50. The molecule has 19 heavy (non-hydrogen) atoms. The van der Waals surface area contributed by atoms with Gasteiger partial charge in [-0.05, 0) is 19.8 Å². The highest BCUT2D eigenvalue weighted by molar-refractivity contribution is 5.80. The molecule has 1 unspecified atom stereocenters. The Morgan fingerprint density at radius 1 is 1.26 bits per heavy atom. The summed E-state index contributed by atoms with van der Waals surface area (Å²) in [6, 6.07) is -0.150. The van der Waals surface area contributed by atoms with Gasteiger partial charge in [0.05, 0.1) is 12.6 Å². The van der Waals surface area contributed by atoms with Crippen LogP contribution < -0.4 is 0 Å². The molecule has 1 N–H and O–H groups in total. The number of piperidine rings is 1. The summed E-state index contributed by atoms with van der Waals surface area (Å²) in [6.07, 6.45) is 1.44. The van der Waals surface area contributed by atoms with E-state index in [1.807, 2.05) is 25.7 Å². The van der Waals surface area contributed by atoms with Gasteiger partial charge in [-0.1, -0.05) is 13.8 Å². The molecule has 2 amide bonds. The topological polar surface area (TPSA) is 60.9 Å². The summed E-state index contributed by atoms with van der Waals surface area (Å²) in [5, 5.41) is 9.08. The number of amides is 2. The van der Waals surface area contributed by atoms with Crippen LogP contribution in [-0.4, -0.2) is 59.5 Å². The molecule has 1 atom stereocenters. The van der Waals surface area contributed by atoms with Crippen molar-refractivity contribution in [3.05, 3.63) is 0 Å². The first-order valence-electron chi connectivity index (χ1n) is 7.04. The zero-order valence-corrected chi connectivity index (χ0v) is 12.4. The number of nitrogens with zero attached hydrogens (tertiary/aromatic N) is 2. The number of carbonyl (C=O) groups is 2. The molecule has 0 aliphatic carbocycles. The molecule has 0 aromatic carbocycles. The van der Waals surface area contributed by atoms with Gasteiger partial charge in [-0.3, -0.25) is 9.59 Å². The number of likely N-dealkylation sites (tertiary alicyclic amines) is 1. The first-order valence-corrected chi connectivity index (χ1v) is 7.04. The van der Waals surface area contributed by atoms with Crippen molar-refractivity contribution in [2.45, 2.75) is 39.7 Å². The second-order valence-electron chi connectivity index (χ2n) is 5.73. The van der Waals surface area contributed by atoms with E-state index in [1.165, 1.54) is 0 Å². The molecule has 0 saturated carbocycles. The van der Waals surface area contributed by atoms with Crippen LogP contribution in [0.4, 0.5) is 0 Å². The van der Waals surface area contributed by atoms with Gasteiger partial charge in [-0.25, -0.2) is 0 Å². The van der Waals surface area contributed by atoms with Crippen LogP contribution >= 0.6 is 0 Å². The lowest BCUT2D eigenvalue weighted by Crippen LogP contribution is -2.47. The second-order valence-corrected chi connectivity index (χ2v) is 5.73. The van der Waals surface area contributed by atoms with Crippen molar-refractivity contribution in [1.82, 2.24) is 9.80 Å². The summed E-state index contributed by atoms with van der Waals surface area (Å²) >= 11 is 0. The zero-order valence-electron chi connectivity index (χ0n) is 12.4. The normalized spacial score (nSPS) is 18.5. The first kappa shape index (κ1) is 16.0. The van der Waals surface area contributed by atoms with Crippen LogP contribution in [-0.2, 0) is 9.59 Å². The van der Waals surface area contributed by atoms with Crippen molar-refractivity contribution < 1.29 is 14.7 Å². The van der Waals surface area contributed by atoms with Crippen molar-refractivity contribution in [2.75, 3.05) is 26.7 Å². The lowest BCUT2D eigenvalue weighted by Gasteiger charge is -2.35. The molecule has 1 rings (SSSR count). The molecule has 5 nitrogen and oxygen atoms in total. The molecule has 1 aliphatic rings. The average molecular weight is 270 g/mol. The highest BCUT2D eigenvalue weighted by atomic mass is 16.3. The summed E-state index contributed by atoms with van der Waals surface area (Å²) in [5.41, 5.74) is 0. The number of carbonyl (C=O) groups excluding carboxylic acids is 2. The van der Waals surface area contributed by atoms with Gasteiger partial charge >= 0.3 is 0 Å². The maximum atomic E-state index is 12.2. The smallest absolute Gasteiger partial charge is 0.225 e. The van der Waals surface area contributed by atoms with Crippen molar-refractivity contribution >= 4 is 11.8 Å². The van der Waals surface area contributed by atoms with E-state index in [2.05, 4.69) is 0 Å². The molecule has 0 aromatic rings. The lowest BCUT2D eigenvalue weighted by atomic mass is 9.94. The van der Waals surface area contributed by atoms with Crippen molar-refractivity contribution in [2.24, 2.45) is 11.8 Å². The predicted octanol–water partition coefficient (Wildman–Crippen LogP) is 0.720. The van der Waals surface area contributed by atoms with Crippen LogP contribution in [0.1, 0.15) is 33.6 Å². The average Bonchev–Trinajstić information content (AvgIpc) is 2.44. The third kappa shape index (κ3) is 3.93. The summed E-state index contributed by atoms with van der Waals surface area (Å²) in [4.78, 5) is 27.5. The summed E-state index contributed by atoms with van der Waals surface area (Å²) < 4.78 is 0. The van der Waals surface area contributed by atoms with Gasteiger partial charge in [0.2, 0.25) is 11.8 Å². The SMILES string of the molecule is CC(C)C(=O)N1CCC(C(=O)N(C)C(C)CO)CC1. The van der Waals surface area contributed by atoms with E-state index in [1.54, 1.807) is 11.9 Å². The fourth-order valence-electron chi connectivity index (χ4n) is 2.34. The van der Waals surface area contributed by atoms with Crippen LogP contribution in [0.25, 0.3) is 0 Å². The predicted molar refractivity (Wildman–Crippen MR) is 73.5 cm³/mol. The van der Waals surface area contributed by atoms with Crippen molar-refractivity contribution in [3.63, 3.8) is 0 Å². The minimum atomic E-state index is -0.150. The van der Waals surface area contributed by atoms with E-state index in [-0.39, 0.29) is 36.3 Å². The Labute approximate surface area is 115 Å². The first-order chi connectivity index (χ1) is 8.88. The lowest BCUT2D eigenvalue weighted by molar-refractivity contribution is -0.142. The third-order valence-electron chi connectivity index (χ3n) is 3.92. The van der Waals surface area contributed by atoms with Crippen LogP contribution in [0.5, 0.6) is 0 Å². The molecule has 1 saturated heterocycles. The second kappa shape index (κ2) is 6.89.